The summed E-state index contributed by atoms with van der Waals surface area (Å²) in [5.74, 6) is -0.389. The van der Waals surface area contributed by atoms with Gasteiger partial charge in [-0.25, -0.2) is 14.8 Å². The fourth-order valence-corrected chi connectivity index (χ4v) is 6.39. The lowest BCUT2D eigenvalue weighted by Crippen LogP contribution is -2.76. The molecule has 0 bridgehead atoms. The molecule has 2 heterocycles. The number of amides is 4. The Balaban J connectivity index is 1.34. The molecule has 0 aliphatic carbocycles. The monoisotopic (exact) mass is 640 g/mol. The minimum absolute atomic E-state index is 0.0928. The maximum Gasteiger partial charge on any atom is 0.334 e. The van der Waals surface area contributed by atoms with Crippen LogP contribution in [-0.2, 0) is 29.1 Å². The number of hydrogen-bond donors (Lipinski definition) is 2. The molecular formula is C38H36N6O4. The highest BCUT2D eigenvalue weighted by Crippen LogP contribution is 2.30. The summed E-state index contributed by atoms with van der Waals surface area (Å²) >= 11 is 0. The first kappa shape index (κ1) is 32.0. The van der Waals surface area contributed by atoms with E-state index in [1.54, 1.807) is 56.2 Å². The summed E-state index contributed by atoms with van der Waals surface area (Å²) in [5, 5.41) is 25.5. The first-order valence-corrected chi connectivity index (χ1v) is 15.8. The summed E-state index contributed by atoms with van der Waals surface area (Å²) in [6, 6.07) is 32.2. The SMILES string of the molecule is C=CCN1CC(=O)N2C(Cc3ccc(O)cc3)C(=O)N(Cc3cccc(-c4cccc(C#N)c4)c3)CC2N1C(=O)NCc1ccccc1. The molecule has 10 heteroatoms. The van der Waals surface area contributed by atoms with Gasteiger partial charge in [-0.15, -0.1) is 6.58 Å². The third kappa shape index (κ3) is 6.92. The molecule has 0 radical (unpaired) electrons. The molecule has 48 heavy (non-hydrogen) atoms. The average molecular weight is 641 g/mol. The summed E-state index contributed by atoms with van der Waals surface area (Å²) in [6.45, 7) is 4.65. The lowest BCUT2D eigenvalue weighted by molar-refractivity contribution is -0.189. The number of carbonyl (C=O) groups excluding carboxylic acids is 3. The van der Waals surface area contributed by atoms with Crippen LogP contribution in [0.5, 0.6) is 5.75 Å². The summed E-state index contributed by atoms with van der Waals surface area (Å²) in [4.78, 5) is 45.4. The number of benzene rings is 4. The van der Waals surface area contributed by atoms with E-state index >= 15 is 0 Å². The lowest BCUT2D eigenvalue weighted by atomic mass is 9.97. The number of carbonyl (C=O) groups is 3. The second kappa shape index (κ2) is 14.2. The normalized spacial score (nSPS) is 17.9. The molecule has 0 spiro atoms. The molecule has 2 fully saturated rings. The highest BCUT2D eigenvalue weighted by atomic mass is 16.3. The van der Waals surface area contributed by atoms with Gasteiger partial charge in [-0.1, -0.05) is 78.9 Å². The number of nitrogens with zero attached hydrogens (tertiary/aromatic N) is 5. The quantitative estimate of drug-likeness (QED) is 0.257. The van der Waals surface area contributed by atoms with Crippen molar-refractivity contribution in [3.05, 3.63) is 138 Å². The first-order chi connectivity index (χ1) is 23.3. The number of hydrogen-bond acceptors (Lipinski definition) is 6. The van der Waals surface area contributed by atoms with Crippen LogP contribution in [0.1, 0.15) is 22.3 Å². The fourth-order valence-electron chi connectivity index (χ4n) is 6.39. The molecule has 242 valence electrons. The smallest absolute Gasteiger partial charge is 0.334 e. The van der Waals surface area contributed by atoms with Crippen LogP contribution in [-0.4, -0.2) is 74.6 Å². The van der Waals surface area contributed by atoms with Crippen LogP contribution in [0.4, 0.5) is 4.79 Å². The topological polar surface area (TPSA) is 120 Å². The molecule has 2 aliphatic heterocycles. The molecular weight excluding hydrogens is 604 g/mol. The molecule has 2 aliphatic rings. The van der Waals surface area contributed by atoms with E-state index in [9.17, 15) is 24.8 Å². The van der Waals surface area contributed by atoms with Gasteiger partial charge >= 0.3 is 6.03 Å². The number of phenolic OH excluding ortho intramolecular Hbond substituents is 1. The lowest BCUT2D eigenvalue weighted by Gasteiger charge is -2.55. The predicted molar refractivity (Wildman–Crippen MR) is 181 cm³/mol. The van der Waals surface area contributed by atoms with Crippen molar-refractivity contribution in [2.45, 2.75) is 31.7 Å². The van der Waals surface area contributed by atoms with Crippen LogP contribution in [0.3, 0.4) is 0 Å². The van der Waals surface area contributed by atoms with Crippen molar-refractivity contribution in [3.63, 3.8) is 0 Å². The highest BCUT2D eigenvalue weighted by molar-refractivity contribution is 5.91. The number of fused-ring (bicyclic) bond motifs is 1. The van der Waals surface area contributed by atoms with Crippen LogP contribution in [0.2, 0.25) is 0 Å². The largest absolute Gasteiger partial charge is 0.508 e. The molecule has 4 aromatic rings. The third-order valence-electron chi connectivity index (χ3n) is 8.66. The van der Waals surface area contributed by atoms with Gasteiger partial charge in [0.1, 0.15) is 18.0 Å². The summed E-state index contributed by atoms with van der Waals surface area (Å²) < 4.78 is 0. The second-order valence-corrected chi connectivity index (χ2v) is 11.9. The standard InChI is InChI=1S/C38H36N6O4/c1-2-18-42-26-36(46)43-34(21-27-14-16-33(45)17-15-27)37(47)41(25-35(43)44(42)38(48)40-23-28-8-4-3-5-9-28)24-30-11-7-13-32(20-30)31-12-6-10-29(19-31)22-39/h2-17,19-20,34-35,45H,1,18,21,23-26H2,(H,40,48). The van der Waals surface area contributed by atoms with E-state index in [4.69, 9.17) is 0 Å². The van der Waals surface area contributed by atoms with Gasteiger partial charge < -0.3 is 20.2 Å². The maximum atomic E-state index is 14.3. The third-order valence-corrected chi connectivity index (χ3v) is 8.66. The number of urea groups is 1. The van der Waals surface area contributed by atoms with Crippen LogP contribution in [0.15, 0.2) is 116 Å². The first-order valence-electron chi connectivity index (χ1n) is 15.8. The van der Waals surface area contributed by atoms with Crippen molar-refractivity contribution < 1.29 is 19.5 Å². The van der Waals surface area contributed by atoms with Crippen LogP contribution >= 0.6 is 0 Å². The Labute approximate surface area is 279 Å². The van der Waals surface area contributed by atoms with Crippen LogP contribution < -0.4 is 5.32 Å². The van der Waals surface area contributed by atoms with Gasteiger partial charge in [0.05, 0.1) is 24.7 Å². The van der Waals surface area contributed by atoms with Gasteiger partial charge in [0.2, 0.25) is 11.8 Å². The van der Waals surface area contributed by atoms with Crippen molar-refractivity contribution in [2.24, 2.45) is 0 Å². The Morgan fingerprint density at radius 1 is 0.917 bits per heavy atom. The van der Waals surface area contributed by atoms with Gasteiger partial charge in [0.15, 0.2) is 0 Å². The molecule has 4 amide bonds. The Kier molecular flexibility index (Phi) is 9.50. The highest BCUT2D eigenvalue weighted by Gasteiger charge is 2.51. The number of aromatic hydroxyl groups is 1. The Morgan fingerprint density at radius 3 is 2.35 bits per heavy atom. The molecule has 2 N–H and O–H groups in total. The molecule has 0 saturated carbocycles. The van der Waals surface area contributed by atoms with E-state index in [0.717, 1.165) is 27.8 Å². The molecule has 6 rings (SSSR count). The van der Waals surface area contributed by atoms with E-state index in [2.05, 4.69) is 18.0 Å². The molecule has 2 saturated heterocycles. The molecule has 2 atom stereocenters. The number of hydrazine groups is 1. The summed E-state index contributed by atoms with van der Waals surface area (Å²) in [7, 11) is 0. The van der Waals surface area contributed by atoms with Crippen molar-refractivity contribution in [3.8, 4) is 22.9 Å². The number of nitriles is 1. The van der Waals surface area contributed by atoms with Gasteiger partial charge in [-0.05, 0) is 58.1 Å². The molecule has 0 aromatic heterocycles. The number of rotatable bonds is 9. The zero-order valence-corrected chi connectivity index (χ0v) is 26.4. The fraction of sp³-hybridized carbons (Fsp3) is 0.211. The van der Waals surface area contributed by atoms with E-state index in [1.807, 2.05) is 72.8 Å². The number of piperazine rings is 1. The summed E-state index contributed by atoms with van der Waals surface area (Å²) in [6.07, 6.45) is 1.07. The zero-order chi connectivity index (χ0) is 33.6. The minimum atomic E-state index is -0.883. The second-order valence-electron chi connectivity index (χ2n) is 11.9. The average Bonchev–Trinajstić information content (AvgIpc) is 3.10. The maximum absolute atomic E-state index is 14.3. The van der Waals surface area contributed by atoms with Crippen molar-refractivity contribution in [2.75, 3.05) is 19.6 Å². The van der Waals surface area contributed by atoms with Gasteiger partial charge in [-0.3, -0.25) is 9.59 Å². The summed E-state index contributed by atoms with van der Waals surface area (Å²) in [5.41, 5.74) is 4.91. The van der Waals surface area contributed by atoms with Crippen LogP contribution in [0.25, 0.3) is 11.1 Å². The zero-order valence-electron chi connectivity index (χ0n) is 26.4. The van der Waals surface area contributed by atoms with E-state index in [0.29, 0.717) is 5.56 Å². The van der Waals surface area contributed by atoms with Crippen molar-refractivity contribution >= 4 is 17.8 Å². The van der Waals surface area contributed by atoms with E-state index in [-0.39, 0.29) is 62.7 Å². The van der Waals surface area contributed by atoms with Crippen molar-refractivity contribution in [1.82, 2.24) is 25.1 Å². The number of phenols is 1. The predicted octanol–water partition coefficient (Wildman–Crippen LogP) is 4.67. The Bertz CT molecular complexity index is 1860. The van der Waals surface area contributed by atoms with Gasteiger partial charge in [0.25, 0.3) is 0 Å². The van der Waals surface area contributed by atoms with E-state index < -0.39 is 12.2 Å². The van der Waals surface area contributed by atoms with Gasteiger partial charge in [0, 0.05) is 26.1 Å². The van der Waals surface area contributed by atoms with Crippen LogP contribution in [0, 0.1) is 11.3 Å². The van der Waals surface area contributed by atoms with E-state index in [1.165, 1.54) is 0 Å². The molecule has 10 nitrogen and oxygen atoms in total. The van der Waals surface area contributed by atoms with Crippen molar-refractivity contribution in [1.29, 1.82) is 5.26 Å². The molecule has 2 unspecified atom stereocenters. The Morgan fingerprint density at radius 2 is 1.62 bits per heavy atom. The minimum Gasteiger partial charge on any atom is -0.508 e. The Hall–Kier alpha value is -5.92. The number of nitrogens with one attached hydrogen (secondary N) is 1. The van der Waals surface area contributed by atoms with Gasteiger partial charge in [-0.2, -0.15) is 5.26 Å². The molecule has 4 aromatic carbocycles.